The zero-order valence-electron chi connectivity index (χ0n) is 10.9. The van der Waals surface area contributed by atoms with Gasteiger partial charge in [-0.3, -0.25) is 4.40 Å². The van der Waals surface area contributed by atoms with Crippen molar-refractivity contribution in [3.05, 3.63) is 28.5 Å². The highest BCUT2D eigenvalue weighted by Gasteiger charge is 2.21. The van der Waals surface area contributed by atoms with Gasteiger partial charge in [0.25, 0.3) is 0 Å². The number of hydrogen-bond acceptors (Lipinski definition) is 3. The Hall–Kier alpha value is -1.62. The van der Waals surface area contributed by atoms with Gasteiger partial charge in [-0.05, 0) is 13.0 Å². The zero-order valence-corrected chi connectivity index (χ0v) is 11.7. The van der Waals surface area contributed by atoms with Crippen LogP contribution >= 0.6 is 11.3 Å². The highest BCUT2D eigenvalue weighted by Crippen LogP contribution is 2.30. The Morgan fingerprint density at radius 3 is 2.72 bits per heavy atom. The number of nitrogens with zero attached hydrogens (tertiary/aromatic N) is 2. The van der Waals surface area contributed by atoms with Crippen LogP contribution in [0.4, 0.5) is 0 Å². The molecule has 5 heteroatoms. The summed E-state index contributed by atoms with van der Waals surface area (Å²) in [7, 11) is 0. The van der Waals surface area contributed by atoms with Crippen LogP contribution < -0.4 is 0 Å². The van der Waals surface area contributed by atoms with Crippen molar-refractivity contribution in [1.82, 2.24) is 9.38 Å². The van der Waals surface area contributed by atoms with Crippen LogP contribution in [0.5, 0.6) is 0 Å². The summed E-state index contributed by atoms with van der Waals surface area (Å²) in [6, 6.07) is 0. The third-order valence-corrected chi connectivity index (χ3v) is 3.56. The van der Waals surface area contributed by atoms with Crippen LogP contribution in [-0.4, -0.2) is 20.5 Å². The van der Waals surface area contributed by atoms with E-state index in [1.54, 1.807) is 17.4 Å². The number of thiazole rings is 1. The number of carboxylic acid groups (broad SMARTS) is 1. The molecule has 0 aliphatic heterocycles. The average molecular weight is 264 g/mol. The minimum Gasteiger partial charge on any atom is -0.478 e. The molecule has 96 valence electrons. The lowest BCUT2D eigenvalue weighted by atomic mass is 9.93. The minimum absolute atomic E-state index is 0.00277. The lowest BCUT2D eigenvalue weighted by Gasteiger charge is -2.18. The first kappa shape index (κ1) is 12.8. The summed E-state index contributed by atoms with van der Waals surface area (Å²) in [4.78, 5) is 16.0. The quantitative estimate of drug-likeness (QED) is 0.848. The Morgan fingerprint density at radius 2 is 2.17 bits per heavy atom. The van der Waals surface area contributed by atoms with Gasteiger partial charge in [-0.25, -0.2) is 9.78 Å². The van der Waals surface area contributed by atoms with Crippen LogP contribution in [0.3, 0.4) is 0 Å². The van der Waals surface area contributed by atoms with Crippen LogP contribution in [-0.2, 0) is 10.2 Å². The van der Waals surface area contributed by atoms with Gasteiger partial charge >= 0.3 is 5.97 Å². The van der Waals surface area contributed by atoms with Crippen LogP contribution in [0, 0.1) is 6.92 Å². The second-order valence-corrected chi connectivity index (χ2v) is 6.08. The Balaban J connectivity index is 2.68. The van der Waals surface area contributed by atoms with E-state index in [1.165, 1.54) is 0 Å². The topological polar surface area (TPSA) is 54.6 Å². The summed E-state index contributed by atoms with van der Waals surface area (Å²) >= 11 is 1.58. The average Bonchev–Trinajstić information content (AvgIpc) is 2.71. The molecular formula is C13H16N2O2S. The Labute approximate surface area is 110 Å². The maximum Gasteiger partial charge on any atom is 0.328 e. The largest absolute Gasteiger partial charge is 0.478 e. The fourth-order valence-electron chi connectivity index (χ4n) is 1.85. The first-order valence-electron chi connectivity index (χ1n) is 5.68. The van der Waals surface area contributed by atoms with Gasteiger partial charge in [-0.1, -0.05) is 20.8 Å². The molecule has 0 spiro atoms. The summed E-state index contributed by atoms with van der Waals surface area (Å²) in [6.07, 6.45) is 2.76. The van der Waals surface area contributed by atoms with Gasteiger partial charge in [0, 0.05) is 22.6 Å². The fourth-order valence-corrected chi connectivity index (χ4v) is 3.01. The number of carboxylic acids is 1. The van der Waals surface area contributed by atoms with E-state index >= 15 is 0 Å². The zero-order chi connectivity index (χ0) is 13.5. The van der Waals surface area contributed by atoms with E-state index in [-0.39, 0.29) is 5.41 Å². The third kappa shape index (κ3) is 2.18. The number of hydrogen-bond donors (Lipinski definition) is 1. The lowest BCUT2D eigenvalue weighted by Crippen LogP contribution is -2.14. The smallest absolute Gasteiger partial charge is 0.328 e. The van der Waals surface area contributed by atoms with Gasteiger partial charge in [0.1, 0.15) is 0 Å². The number of aromatic nitrogens is 2. The molecule has 2 heterocycles. The molecule has 0 saturated carbocycles. The molecule has 0 aromatic carbocycles. The van der Waals surface area contributed by atoms with Crippen molar-refractivity contribution in [1.29, 1.82) is 0 Å². The number of rotatable bonds is 2. The first-order chi connectivity index (χ1) is 8.30. The number of carbonyl (C=O) groups is 1. The van der Waals surface area contributed by atoms with Crippen LogP contribution in [0.25, 0.3) is 11.0 Å². The summed E-state index contributed by atoms with van der Waals surface area (Å²) in [5.41, 5.74) is 2.84. The predicted octanol–water partition coefficient (Wildman–Crippen LogP) is 3.10. The number of aliphatic carboxylic acids is 1. The number of aryl methyl sites for hydroxylation is 1. The monoisotopic (exact) mass is 264 g/mol. The molecule has 0 bridgehead atoms. The van der Waals surface area contributed by atoms with E-state index in [0.29, 0.717) is 0 Å². The van der Waals surface area contributed by atoms with Crippen molar-refractivity contribution in [2.75, 3.05) is 0 Å². The van der Waals surface area contributed by atoms with Gasteiger partial charge < -0.3 is 5.11 Å². The Morgan fingerprint density at radius 1 is 1.50 bits per heavy atom. The van der Waals surface area contributed by atoms with Crippen molar-refractivity contribution in [2.45, 2.75) is 33.1 Å². The molecule has 0 atom stereocenters. The van der Waals surface area contributed by atoms with Crippen molar-refractivity contribution >= 4 is 28.3 Å². The molecule has 2 rings (SSSR count). The van der Waals surface area contributed by atoms with E-state index in [4.69, 9.17) is 5.11 Å². The van der Waals surface area contributed by atoms with Crippen LogP contribution in [0.2, 0.25) is 0 Å². The van der Waals surface area contributed by atoms with E-state index in [1.807, 2.05) is 11.3 Å². The highest BCUT2D eigenvalue weighted by molar-refractivity contribution is 7.15. The van der Waals surface area contributed by atoms with Gasteiger partial charge in [0.05, 0.1) is 11.4 Å². The molecular weight excluding hydrogens is 248 g/mol. The van der Waals surface area contributed by atoms with E-state index in [2.05, 4.69) is 31.1 Å². The maximum absolute atomic E-state index is 10.6. The van der Waals surface area contributed by atoms with E-state index < -0.39 is 5.97 Å². The molecule has 0 aliphatic rings. The minimum atomic E-state index is -0.947. The van der Waals surface area contributed by atoms with Crippen LogP contribution in [0.15, 0.2) is 11.5 Å². The van der Waals surface area contributed by atoms with Gasteiger partial charge in [-0.2, -0.15) is 0 Å². The van der Waals surface area contributed by atoms with Crippen molar-refractivity contribution < 1.29 is 9.90 Å². The van der Waals surface area contributed by atoms with Gasteiger partial charge in [0.2, 0.25) is 0 Å². The third-order valence-electron chi connectivity index (χ3n) is 2.74. The van der Waals surface area contributed by atoms with E-state index in [0.717, 1.165) is 28.1 Å². The SMILES string of the molecule is Cc1nc2scc(C(C)(C)C)n2c1/C=C/C(=O)O. The Bertz CT molecular complexity index is 629. The first-order valence-corrected chi connectivity index (χ1v) is 6.56. The molecule has 4 nitrogen and oxygen atoms in total. The molecule has 0 fully saturated rings. The maximum atomic E-state index is 10.6. The predicted molar refractivity (Wildman–Crippen MR) is 73.2 cm³/mol. The summed E-state index contributed by atoms with van der Waals surface area (Å²) in [6.45, 7) is 8.30. The number of imidazole rings is 1. The fraction of sp³-hybridized carbons (Fsp3) is 0.385. The van der Waals surface area contributed by atoms with Crippen LogP contribution in [0.1, 0.15) is 37.9 Å². The highest BCUT2D eigenvalue weighted by atomic mass is 32.1. The molecule has 1 N–H and O–H groups in total. The van der Waals surface area contributed by atoms with E-state index in [9.17, 15) is 4.79 Å². The van der Waals surface area contributed by atoms with Gasteiger partial charge in [0.15, 0.2) is 4.96 Å². The molecule has 2 aromatic heterocycles. The molecule has 0 aliphatic carbocycles. The second-order valence-electron chi connectivity index (χ2n) is 5.24. The molecule has 0 saturated heterocycles. The van der Waals surface area contributed by atoms with Crippen molar-refractivity contribution in [3.8, 4) is 0 Å². The molecule has 0 unspecified atom stereocenters. The molecule has 0 radical (unpaired) electrons. The molecule has 0 amide bonds. The van der Waals surface area contributed by atoms with Gasteiger partial charge in [-0.15, -0.1) is 11.3 Å². The summed E-state index contributed by atoms with van der Waals surface area (Å²) in [5, 5.41) is 10.8. The summed E-state index contributed by atoms with van der Waals surface area (Å²) < 4.78 is 2.04. The number of fused-ring (bicyclic) bond motifs is 1. The van der Waals surface area contributed by atoms with Crippen molar-refractivity contribution in [3.63, 3.8) is 0 Å². The molecule has 18 heavy (non-hydrogen) atoms. The second kappa shape index (κ2) is 4.24. The van der Waals surface area contributed by atoms with Crippen molar-refractivity contribution in [2.24, 2.45) is 0 Å². The Kier molecular flexibility index (Phi) is 3.02. The molecule has 2 aromatic rings. The standard InChI is InChI=1S/C13H16N2O2S/c1-8-9(5-6-11(16)17)15-10(13(2,3)4)7-18-12(15)14-8/h5-7H,1-4H3,(H,16,17)/b6-5+. The normalized spacial score (nSPS) is 12.7. The summed E-state index contributed by atoms with van der Waals surface area (Å²) in [5.74, 6) is -0.947. The lowest BCUT2D eigenvalue weighted by molar-refractivity contribution is -0.131.